The Bertz CT molecular complexity index is 655. The SMILES string of the molecule is CCOc1ccc(C)cc1C(C)NC(=O)/C(C#N)=C\N1CCCC1. The van der Waals surface area contributed by atoms with Gasteiger partial charge in [0, 0.05) is 24.9 Å². The van der Waals surface area contributed by atoms with Crippen LogP contribution in [0, 0.1) is 18.3 Å². The number of ether oxygens (including phenoxy) is 1. The average molecular weight is 327 g/mol. The van der Waals surface area contributed by atoms with E-state index in [4.69, 9.17) is 4.74 Å². The highest BCUT2D eigenvalue weighted by Gasteiger charge is 2.18. The number of amides is 1. The smallest absolute Gasteiger partial charge is 0.263 e. The number of nitrogens with one attached hydrogen (secondary N) is 1. The van der Waals surface area contributed by atoms with Crippen LogP contribution >= 0.6 is 0 Å². The molecule has 1 aliphatic heterocycles. The van der Waals surface area contributed by atoms with E-state index in [1.807, 2.05) is 49.9 Å². The van der Waals surface area contributed by atoms with Gasteiger partial charge >= 0.3 is 0 Å². The molecular weight excluding hydrogens is 302 g/mol. The number of hydrogen-bond donors (Lipinski definition) is 1. The van der Waals surface area contributed by atoms with Crippen LogP contribution in [-0.4, -0.2) is 30.5 Å². The molecule has 5 heteroatoms. The number of carbonyl (C=O) groups is 1. The van der Waals surface area contributed by atoms with E-state index in [-0.39, 0.29) is 17.5 Å². The topological polar surface area (TPSA) is 65.4 Å². The lowest BCUT2D eigenvalue weighted by Crippen LogP contribution is -2.29. The summed E-state index contributed by atoms with van der Waals surface area (Å²) in [7, 11) is 0. The van der Waals surface area contributed by atoms with Gasteiger partial charge in [-0.3, -0.25) is 4.79 Å². The molecule has 0 saturated carbocycles. The quantitative estimate of drug-likeness (QED) is 0.644. The molecule has 24 heavy (non-hydrogen) atoms. The first kappa shape index (κ1) is 17.9. The van der Waals surface area contributed by atoms with Crippen molar-refractivity contribution in [3.05, 3.63) is 41.1 Å². The minimum Gasteiger partial charge on any atom is -0.494 e. The number of benzene rings is 1. The maximum absolute atomic E-state index is 12.4. The first-order valence-corrected chi connectivity index (χ1v) is 8.45. The molecular formula is C19H25N3O2. The fourth-order valence-electron chi connectivity index (χ4n) is 2.84. The Morgan fingerprint density at radius 3 is 2.79 bits per heavy atom. The molecule has 128 valence electrons. The molecule has 1 atom stereocenters. The van der Waals surface area contributed by atoms with E-state index in [2.05, 4.69) is 5.32 Å². The first-order chi connectivity index (χ1) is 11.5. The van der Waals surface area contributed by atoms with E-state index in [0.717, 1.165) is 42.8 Å². The van der Waals surface area contributed by atoms with Gasteiger partial charge < -0.3 is 15.0 Å². The zero-order valence-corrected chi connectivity index (χ0v) is 14.6. The van der Waals surface area contributed by atoms with E-state index in [0.29, 0.717) is 6.61 Å². The third kappa shape index (κ3) is 4.51. The van der Waals surface area contributed by atoms with Gasteiger partial charge in [0.05, 0.1) is 12.6 Å². The fraction of sp³-hybridized carbons (Fsp3) is 0.474. The van der Waals surface area contributed by atoms with Gasteiger partial charge in [0.15, 0.2) is 0 Å². The Morgan fingerprint density at radius 2 is 2.17 bits per heavy atom. The molecule has 1 N–H and O–H groups in total. The second-order valence-electron chi connectivity index (χ2n) is 6.07. The lowest BCUT2D eigenvalue weighted by molar-refractivity contribution is -0.117. The molecule has 0 bridgehead atoms. The Kier molecular flexibility index (Phi) is 6.25. The maximum atomic E-state index is 12.4. The molecule has 0 radical (unpaired) electrons. The molecule has 1 aliphatic rings. The van der Waals surface area contributed by atoms with E-state index in [9.17, 15) is 10.1 Å². The van der Waals surface area contributed by atoms with Crippen molar-refractivity contribution in [1.29, 1.82) is 5.26 Å². The van der Waals surface area contributed by atoms with E-state index in [1.165, 1.54) is 0 Å². The Hall–Kier alpha value is -2.48. The third-order valence-electron chi connectivity index (χ3n) is 4.10. The van der Waals surface area contributed by atoms with Crippen LogP contribution in [0.3, 0.4) is 0 Å². The second-order valence-corrected chi connectivity index (χ2v) is 6.07. The first-order valence-electron chi connectivity index (χ1n) is 8.45. The molecule has 1 unspecified atom stereocenters. The molecule has 0 aromatic heterocycles. The largest absolute Gasteiger partial charge is 0.494 e. The number of aryl methyl sites for hydroxylation is 1. The monoisotopic (exact) mass is 327 g/mol. The van der Waals surface area contributed by atoms with Crippen molar-refractivity contribution in [2.75, 3.05) is 19.7 Å². The summed E-state index contributed by atoms with van der Waals surface area (Å²) >= 11 is 0. The summed E-state index contributed by atoms with van der Waals surface area (Å²) in [6.45, 7) is 8.21. The maximum Gasteiger partial charge on any atom is 0.263 e. The van der Waals surface area contributed by atoms with Crippen molar-refractivity contribution in [2.45, 2.75) is 39.7 Å². The number of rotatable bonds is 6. The van der Waals surface area contributed by atoms with Crippen LogP contribution in [-0.2, 0) is 4.79 Å². The predicted octanol–water partition coefficient (Wildman–Crippen LogP) is 3.07. The molecule has 1 amide bonds. The van der Waals surface area contributed by atoms with Gasteiger partial charge in [-0.2, -0.15) is 5.26 Å². The summed E-state index contributed by atoms with van der Waals surface area (Å²) in [6, 6.07) is 7.68. The minimum atomic E-state index is -0.346. The number of nitriles is 1. The van der Waals surface area contributed by atoms with E-state index in [1.54, 1.807) is 6.20 Å². The number of nitrogens with zero attached hydrogens (tertiary/aromatic N) is 2. The number of likely N-dealkylation sites (tertiary alicyclic amines) is 1. The van der Waals surface area contributed by atoms with Gasteiger partial charge in [0.25, 0.3) is 5.91 Å². The summed E-state index contributed by atoms with van der Waals surface area (Å²) in [6.07, 6.45) is 3.89. The van der Waals surface area contributed by atoms with Crippen LogP contribution in [0.4, 0.5) is 0 Å². The van der Waals surface area contributed by atoms with Crippen LogP contribution in [0.25, 0.3) is 0 Å². The zero-order valence-electron chi connectivity index (χ0n) is 14.6. The van der Waals surface area contributed by atoms with Gasteiger partial charge in [-0.25, -0.2) is 0 Å². The molecule has 0 spiro atoms. The molecule has 0 aliphatic carbocycles. The standard InChI is InChI=1S/C19H25N3O2/c1-4-24-18-8-7-14(2)11-17(18)15(3)21-19(23)16(12-20)13-22-9-5-6-10-22/h7-8,11,13,15H,4-6,9-10H2,1-3H3,(H,21,23)/b16-13-. The van der Waals surface area contributed by atoms with Crippen molar-refractivity contribution in [3.8, 4) is 11.8 Å². The molecule has 2 rings (SSSR count). The van der Waals surface area contributed by atoms with Crippen molar-refractivity contribution < 1.29 is 9.53 Å². The average Bonchev–Trinajstić information content (AvgIpc) is 3.07. The zero-order chi connectivity index (χ0) is 17.5. The molecule has 1 aromatic carbocycles. The van der Waals surface area contributed by atoms with Gasteiger partial charge in [-0.05, 0) is 39.7 Å². The molecule has 1 saturated heterocycles. The van der Waals surface area contributed by atoms with Crippen molar-refractivity contribution >= 4 is 5.91 Å². The lowest BCUT2D eigenvalue weighted by atomic mass is 10.0. The van der Waals surface area contributed by atoms with Crippen LogP contribution in [0.15, 0.2) is 30.0 Å². The van der Waals surface area contributed by atoms with Crippen LogP contribution in [0.1, 0.15) is 43.9 Å². The van der Waals surface area contributed by atoms with Gasteiger partial charge in [-0.1, -0.05) is 17.7 Å². The van der Waals surface area contributed by atoms with E-state index < -0.39 is 0 Å². The van der Waals surface area contributed by atoms with Gasteiger partial charge in [-0.15, -0.1) is 0 Å². The Morgan fingerprint density at radius 1 is 1.46 bits per heavy atom. The summed E-state index contributed by atoms with van der Waals surface area (Å²) in [5.74, 6) is 0.416. The lowest BCUT2D eigenvalue weighted by Gasteiger charge is -2.19. The van der Waals surface area contributed by atoms with E-state index >= 15 is 0 Å². The number of carbonyl (C=O) groups excluding carboxylic acids is 1. The normalized spacial score (nSPS) is 15.8. The van der Waals surface area contributed by atoms with Crippen molar-refractivity contribution in [1.82, 2.24) is 10.2 Å². The van der Waals surface area contributed by atoms with Crippen molar-refractivity contribution in [2.24, 2.45) is 0 Å². The highest BCUT2D eigenvalue weighted by Crippen LogP contribution is 2.26. The fourth-order valence-corrected chi connectivity index (χ4v) is 2.84. The predicted molar refractivity (Wildman–Crippen MR) is 93.4 cm³/mol. The summed E-state index contributed by atoms with van der Waals surface area (Å²) in [5.41, 5.74) is 2.17. The molecule has 5 nitrogen and oxygen atoms in total. The van der Waals surface area contributed by atoms with Crippen LogP contribution < -0.4 is 10.1 Å². The van der Waals surface area contributed by atoms with Crippen LogP contribution in [0.5, 0.6) is 5.75 Å². The van der Waals surface area contributed by atoms with Gasteiger partial charge in [0.2, 0.25) is 0 Å². The summed E-state index contributed by atoms with van der Waals surface area (Å²) in [5, 5.41) is 12.2. The molecule has 1 heterocycles. The minimum absolute atomic E-state index is 0.148. The molecule has 1 fully saturated rings. The van der Waals surface area contributed by atoms with Crippen molar-refractivity contribution in [3.63, 3.8) is 0 Å². The highest BCUT2D eigenvalue weighted by atomic mass is 16.5. The third-order valence-corrected chi connectivity index (χ3v) is 4.10. The highest BCUT2D eigenvalue weighted by molar-refractivity contribution is 5.97. The molecule has 1 aromatic rings. The Labute approximate surface area is 143 Å². The van der Waals surface area contributed by atoms with Gasteiger partial charge in [0.1, 0.15) is 17.4 Å². The van der Waals surface area contributed by atoms with Crippen LogP contribution in [0.2, 0.25) is 0 Å². The Balaban J connectivity index is 2.13. The second kappa shape index (κ2) is 8.39. The summed E-state index contributed by atoms with van der Waals surface area (Å²) < 4.78 is 5.65. The summed E-state index contributed by atoms with van der Waals surface area (Å²) in [4.78, 5) is 14.5. The number of hydrogen-bond acceptors (Lipinski definition) is 4.